The van der Waals surface area contributed by atoms with E-state index in [-0.39, 0.29) is 0 Å². The lowest BCUT2D eigenvalue weighted by Crippen LogP contribution is -2.11. The molecule has 0 aliphatic carbocycles. The summed E-state index contributed by atoms with van der Waals surface area (Å²) in [4.78, 5) is 4.35. The molecule has 3 heteroatoms. The van der Waals surface area contributed by atoms with Crippen molar-refractivity contribution in [1.82, 2.24) is 10.3 Å². The molecule has 2 rings (SSSR count). The summed E-state index contributed by atoms with van der Waals surface area (Å²) in [5, 5.41) is 3.36. The standard InChI is InChI=1S/C11H17N3/c1-8-4-10(14-11(12)5-8)6-9-2-3-13-7-9/h4-5,9,13H,2-3,6-7H2,1H3,(H2,12,14). The number of pyridine rings is 1. The fourth-order valence-corrected chi connectivity index (χ4v) is 2.06. The normalized spacial score (nSPS) is 21.4. The average molecular weight is 191 g/mol. The average Bonchev–Trinajstić information content (AvgIpc) is 2.54. The maximum Gasteiger partial charge on any atom is 0.123 e. The number of hydrogen-bond acceptors (Lipinski definition) is 3. The van der Waals surface area contributed by atoms with Gasteiger partial charge in [0.1, 0.15) is 5.82 Å². The number of nitrogens with one attached hydrogen (secondary N) is 1. The second kappa shape index (κ2) is 3.96. The molecule has 0 amide bonds. The third-order valence-electron chi connectivity index (χ3n) is 2.70. The summed E-state index contributed by atoms with van der Waals surface area (Å²) >= 11 is 0. The Morgan fingerprint density at radius 2 is 2.43 bits per heavy atom. The van der Waals surface area contributed by atoms with E-state index in [1.54, 1.807) is 0 Å². The first-order chi connectivity index (χ1) is 6.74. The largest absolute Gasteiger partial charge is 0.384 e. The van der Waals surface area contributed by atoms with Gasteiger partial charge in [-0.25, -0.2) is 4.98 Å². The molecule has 76 valence electrons. The fourth-order valence-electron chi connectivity index (χ4n) is 2.06. The SMILES string of the molecule is Cc1cc(N)nc(CC2CCNC2)c1. The van der Waals surface area contributed by atoms with Gasteiger partial charge in [-0.2, -0.15) is 0 Å². The van der Waals surface area contributed by atoms with Crippen molar-refractivity contribution < 1.29 is 0 Å². The van der Waals surface area contributed by atoms with E-state index in [0.29, 0.717) is 5.82 Å². The Morgan fingerprint density at radius 3 is 3.07 bits per heavy atom. The van der Waals surface area contributed by atoms with Crippen molar-refractivity contribution in [1.29, 1.82) is 0 Å². The van der Waals surface area contributed by atoms with E-state index in [1.807, 2.05) is 6.07 Å². The lowest BCUT2D eigenvalue weighted by molar-refractivity contribution is 0.572. The number of rotatable bonds is 2. The zero-order valence-corrected chi connectivity index (χ0v) is 8.59. The van der Waals surface area contributed by atoms with Gasteiger partial charge in [0, 0.05) is 5.69 Å². The molecule has 0 bridgehead atoms. The van der Waals surface area contributed by atoms with Gasteiger partial charge in [-0.3, -0.25) is 0 Å². The molecule has 1 aliphatic heterocycles. The van der Waals surface area contributed by atoms with Crippen LogP contribution in [0.25, 0.3) is 0 Å². The van der Waals surface area contributed by atoms with Crippen LogP contribution in [-0.2, 0) is 6.42 Å². The molecule has 0 spiro atoms. The summed E-state index contributed by atoms with van der Waals surface area (Å²) in [5.41, 5.74) is 8.05. The molecule has 0 radical (unpaired) electrons. The van der Waals surface area contributed by atoms with Crippen molar-refractivity contribution in [3.05, 3.63) is 23.4 Å². The van der Waals surface area contributed by atoms with Crippen LogP contribution < -0.4 is 11.1 Å². The molecule has 1 unspecified atom stereocenters. The van der Waals surface area contributed by atoms with Gasteiger partial charge in [-0.05, 0) is 56.5 Å². The minimum atomic E-state index is 0.644. The Balaban J connectivity index is 2.07. The highest BCUT2D eigenvalue weighted by molar-refractivity contribution is 5.34. The van der Waals surface area contributed by atoms with Gasteiger partial charge >= 0.3 is 0 Å². The van der Waals surface area contributed by atoms with Crippen LogP contribution in [0.1, 0.15) is 17.7 Å². The molecular weight excluding hydrogens is 174 g/mol. The molecule has 1 aromatic heterocycles. The number of nitrogens with zero attached hydrogens (tertiary/aromatic N) is 1. The van der Waals surface area contributed by atoms with Crippen molar-refractivity contribution >= 4 is 5.82 Å². The molecule has 3 N–H and O–H groups in total. The van der Waals surface area contributed by atoms with Gasteiger partial charge in [-0.15, -0.1) is 0 Å². The van der Waals surface area contributed by atoms with Gasteiger partial charge in [0.2, 0.25) is 0 Å². The van der Waals surface area contributed by atoms with E-state index < -0.39 is 0 Å². The van der Waals surface area contributed by atoms with Crippen molar-refractivity contribution in [2.75, 3.05) is 18.8 Å². The second-order valence-electron chi connectivity index (χ2n) is 4.12. The molecule has 3 nitrogen and oxygen atoms in total. The first-order valence-electron chi connectivity index (χ1n) is 5.18. The third kappa shape index (κ3) is 2.23. The van der Waals surface area contributed by atoms with Crippen LogP contribution in [0.15, 0.2) is 12.1 Å². The lowest BCUT2D eigenvalue weighted by atomic mass is 10.0. The minimum absolute atomic E-state index is 0.644. The number of aryl methyl sites for hydroxylation is 1. The Bertz CT molecular complexity index is 296. The predicted octanol–water partition coefficient (Wildman–Crippen LogP) is 1.12. The summed E-state index contributed by atoms with van der Waals surface area (Å²) in [7, 11) is 0. The lowest BCUT2D eigenvalue weighted by Gasteiger charge is -2.08. The van der Waals surface area contributed by atoms with Gasteiger partial charge < -0.3 is 11.1 Å². The summed E-state index contributed by atoms with van der Waals surface area (Å²) in [6.45, 7) is 4.33. The van der Waals surface area contributed by atoms with Crippen LogP contribution in [-0.4, -0.2) is 18.1 Å². The molecule has 2 heterocycles. The Labute approximate surface area is 84.7 Å². The number of anilines is 1. The topological polar surface area (TPSA) is 50.9 Å². The minimum Gasteiger partial charge on any atom is -0.384 e. The van der Waals surface area contributed by atoms with E-state index in [0.717, 1.165) is 31.1 Å². The van der Waals surface area contributed by atoms with Crippen molar-refractivity contribution in [2.45, 2.75) is 19.8 Å². The zero-order valence-electron chi connectivity index (χ0n) is 8.59. The second-order valence-corrected chi connectivity index (χ2v) is 4.12. The van der Waals surface area contributed by atoms with Crippen LogP contribution in [0, 0.1) is 12.8 Å². The van der Waals surface area contributed by atoms with Crippen molar-refractivity contribution in [3.63, 3.8) is 0 Å². The van der Waals surface area contributed by atoms with E-state index in [9.17, 15) is 0 Å². The first kappa shape index (κ1) is 9.46. The highest BCUT2D eigenvalue weighted by atomic mass is 14.9. The Morgan fingerprint density at radius 1 is 1.57 bits per heavy atom. The van der Waals surface area contributed by atoms with E-state index >= 15 is 0 Å². The number of hydrogen-bond donors (Lipinski definition) is 2. The molecule has 1 aliphatic rings. The Kier molecular flexibility index (Phi) is 2.68. The quantitative estimate of drug-likeness (QED) is 0.736. The molecule has 1 saturated heterocycles. The Hall–Kier alpha value is -1.09. The van der Waals surface area contributed by atoms with E-state index in [4.69, 9.17) is 5.73 Å². The summed E-state index contributed by atoms with van der Waals surface area (Å²) < 4.78 is 0. The molecular formula is C11H17N3. The van der Waals surface area contributed by atoms with Crippen LogP contribution in [0.3, 0.4) is 0 Å². The molecule has 1 atom stereocenters. The van der Waals surface area contributed by atoms with Gasteiger partial charge in [-0.1, -0.05) is 0 Å². The monoisotopic (exact) mass is 191 g/mol. The van der Waals surface area contributed by atoms with E-state index in [1.165, 1.54) is 12.0 Å². The summed E-state index contributed by atoms with van der Waals surface area (Å²) in [6.07, 6.45) is 2.31. The molecule has 0 saturated carbocycles. The molecule has 0 aromatic carbocycles. The molecule has 1 aromatic rings. The van der Waals surface area contributed by atoms with Gasteiger partial charge in [0.05, 0.1) is 0 Å². The molecule has 14 heavy (non-hydrogen) atoms. The van der Waals surface area contributed by atoms with Crippen molar-refractivity contribution in [3.8, 4) is 0 Å². The maximum atomic E-state index is 5.71. The number of nitrogen functional groups attached to an aromatic ring is 1. The fraction of sp³-hybridized carbons (Fsp3) is 0.545. The number of aromatic nitrogens is 1. The van der Waals surface area contributed by atoms with Gasteiger partial charge in [0.25, 0.3) is 0 Å². The zero-order chi connectivity index (χ0) is 9.97. The first-order valence-corrected chi connectivity index (χ1v) is 5.18. The number of nitrogens with two attached hydrogens (primary N) is 1. The molecule has 1 fully saturated rings. The highest BCUT2D eigenvalue weighted by Gasteiger charge is 2.15. The highest BCUT2D eigenvalue weighted by Crippen LogP contribution is 2.15. The van der Waals surface area contributed by atoms with Crippen molar-refractivity contribution in [2.24, 2.45) is 5.92 Å². The van der Waals surface area contributed by atoms with Crippen LogP contribution >= 0.6 is 0 Å². The smallest absolute Gasteiger partial charge is 0.123 e. The maximum absolute atomic E-state index is 5.71. The summed E-state index contributed by atoms with van der Waals surface area (Å²) in [6, 6.07) is 4.05. The van der Waals surface area contributed by atoms with Gasteiger partial charge in [0.15, 0.2) is 0 Å². The summed E-state index contributed by atoms with van der Waals surface area (Å²) in [5.74, 6) is 1.38. The van der Waals surface area contributed by atoms with Crippen LogP contribution in [0.2, 0.25) is 0 Å². The third-order valence-corrected chi connectivity index (χ3v) is 2.70. The van der Waals surface area contributed by atoms with Crippen LogP contribution in [0.4, 0.5) is 5.82 Å². The predicted molar refractivity (Wildman–Crippen MR) is 58.1 cm³/mol. The van der Waals surface area contributed by atoms with Crippen LogP contribution in [0.5, 0.6) is 0 Å². The van der Waals surface area contributed by atoms with E-state index in [2.05, 4.69) is 23.3 Å².